The van der Waals surface area contributed by atoms with E-state index in [1.165, 1.54) is 4.88 Å². The van der Waals surface area contributed by atoms with Crippen molar-refractivity contribution in [3.05, 3.63) is 45.1 Å². The van der Waals surface area contributed by atoms with E-state index >= 15 is 0 Å². The van der Waals surface area contributed by atoms with Crippen LogP contribution in [-0.4, -0.2) is 7.11 Å². The lowest BCUT2D eigenvalue weighted by Crippen LogP contribution is -2.12. The van der Waals surface area contributed by atoms with Crippen molar-refractivity contribution in [2.75, 3.05) is 12.8 Å². The summed E-state index contributed by atoms with van der Waals surface area (Å²) in [6, 6.07) is 9.62. The van der Waals surface area contributed by atoms with Crippen molar-refractivity contribution in [2.45, 2.75) is 13.1 Å². The summed E-state index contributed by atoms with van der Waals surface area (Å²) in [5.74, 6) is 0.812. The highest BCUT2D eigenvalue weighted by Gasteiger charge is 2.03. The highest BCUT2D eigenvalue weighted by molar-refractivity contribution is 7.16. The van der Waals surface area contributed by atoms with Gasteiger partial charge in [-0.3, -0.25) is 0 Å². The molecule has 1 aromatic heterocycles. The molecule has 2 rings (SSSR count). The minimum Gasteiger partial charge on any atom is -0.496 e. The number of anilines is 1. The van der Waals surface area contributed by atoms with Gasteiger partial charge in [0, 0.05) is 35.3 Å². The minimum atomic E-state index is 0.709. The van der Waals surface area contributed by atoms with Crippen LogP contribution in [0, 0.1) is 0 Å². The van der Waals surface area contributed by atoms with Gasteiger partial charge in [0.2, 0.25) is 0 Å². The summed E-state index contributed by atoms with van der Waals surface area (Å²) in [4.78, 5) is 1.22. The van der Waals surface area contributed by atoms with Gasteiger partial charge in [0.05, 0.1) is 11.4 Å². The second-order valence-corrected chi connectivity index (χ2v) is 5.68. The van der Waals surface area contributed by atoms with E-state index in [4.69, 9.17) is 22.1 Å². The number of halogens is 1. The van der Waals surface area contributed by atoms with E-state index in [2.05, 4.69) is 5.32 Å². The Hall–Kier alpha value is -1.23. The summed E-state index contributed by atoms with van der Waals surface area (Å²) < 4.78 is 6.11. The second-order valence-electron chi connectivity index (χ2n) is 3.88. The van der Waals surface area contributed by atoms with E-state index < -0.39 is 0 Å². The van der Waals surface area contributed by atoms with Gasteiger partial charge in [-0.1, -0.05) is 17.7 Å². The molecule has 0 amide bonds. The lowest BCUT2D eigenvalue weighted by atomic mass is 10.2. The zero-order valence-corrected chi connectivity index (χ0v) is 11.6. The van der Waals surface area contributed by atoms with Crippen LogP contribution < -0.4 is 15.8 Å². The van der Waals surface area contributed by atoms with Gasteiger partial charge in [-0.05, 0) is 18.2 Å². The molecule has 0 unspecified atom stereocenters. The molecular weight excluding hydrogens is 268 g/mol. The van der Waals surface area contributed by atoms with Crippen molar-refractivity contribution < 1.29 is 4.74 Å². The number of benzene rings is 1. The van der Waals surface area contributed by atoms with E-state index in [1.807, 2.05) is 30.3 Å². The highest BCUT2D eigenvalue weighted by atomic mass is 35.5. The molecule has 1 heterocycles. The fourth-order valence-corrected chi connectivity index (χ4v) is 2.73. The molecule has 0 saturated heterocycles. The van der Waals surface area contributed by atoms with Crippen molar-refractivity contribution in [2.24, 2.45) is 0 Å². The number of methoxy groups -OCH3 is 1. The monoisotopic (exact) mass is 282 g/mol. The molecule has 0 aliphatic carbocycles. The van der Waals surface area contributed by atoms with Crippen molar-refractivity contribution >= 4 is 28.6 Å². The number of nitrogen functional groups attached to an aromatic ring is 1. The third-order valence-corrected chi connectivity index (χ3v) is 3.79. The van der Waals surface area contributed by atoms with Gasteiger partial charge in [-0.25, -0.2) is 0 Å². The number of nitrogens with two attached hydrogens (primary N) is 1. The molecule has 3 N–H and O–H groups in total. The third-order valence-electron chi connectivity index (χ3n) is 2.55. The second kappa shape index (κ2) is 6.09. The van der Waals surface area contributed by atoms with Gasteiger partial charge in [-0.15, -0.1) is 11.3 Å². The van der Waals surface area contributed by atoms with Gasteiger partial charge in [-0.2, -0.15) is 0 Å². The molecule has 0 fully saturated rings. The number of thiophene rings is 1. The van der Waals surface area contributed by atoms with Crippen LogP contribution in [0.5, 0.6) is 5.75 Å². The Bertz CT molecular complexity index is 527. The molecule has 0 saturated carbocycles. The molecule has 0 spiro atoms. The van der Waals surface area contributed by atoms with E-state index in [0.717, 1.165) is 28.7 Å². The topological polar surface area (TPSA) is 47.3 Å². The predicted molar refractivity (Wildman–Crippen MR) is 77.3 cm³/mol. The first-order valence-electron chi connectivity index (χ1n) is 5.56. The van der Waals surface area contributed by atoms with Gasteiger partial charge in [0.25, 0.3) is 0 Å². The van der Waals surface area contributed by atoms with Crippen LogP contribution in [0.3, 0.4) is 0 Å². The van der Waals surface area contributed by atoms with Crippen molar-refractivity contribution in [3.63, 3.8) is 0 Å². The number of ether oxygens (including phenoxy) is 1. The van der Waals surface area contributed by atoms with Gasteiger partial charge >= 0.3 is 0 Å². The average molecular weight is 283 g/mol. The summed E-state index contributed by atoms with van der Waals surface area (Å²) in [6.45, 7) is 1.53. The Morgan fingerprint density at radius 2 is 2.11 bits per heavy atom. The smallest absolute Gasteiger partial charge is 0.125 e. The summed E-state index contributed by atoms with van der Waals surface area (Å²) in [5, 5.41) is 3.36. The SMILES string of the molecule is COc1cc(N)ccc1CNCc1ccc(Cl)s1. The highest BCUT2D eigenvalue weighted by Crippen LogP contribution is 2.23. The van der Waals surface area contributed by atoms with Crippen LogP contribution in [0.2, 0.25) is 4.34 Å². The Balaban J connectivity index is 1.94. The summed E-state index contributed by atoms with van der Waals surface area (Å²) in [7, 11) is 1.65. The first-order valence-corrected chi connectivity index (χ1v) is 6.76. The number of hydrogen-bond acceptors (Lipinski definition) is 4. The van der Waals surface area contributed by atoms with E-state index in [-0.39, 0.29) is 0 Å². The molecule has 0 bridgehead atoms. The Kier molecular flexibility index (Phi) is 4.47. The molecule has 3 nitrogen and oxygen atoms in total. The third kappa shape index (κ3) is 3.38. The van der Waals surface area contributed by atoms with E-state index in [9.17, 15) is 0 Å². The molecule has 0 aliphatic rings. The molecule has 0 atom stereocenters. The largest absolute Gasteiger partial charge is 0.496 e. The molecule has 96 valence electrons. The first kappa shape index (κ1) is 13.2. The van der Waals surface area contributed by atoms with Crippen LogP contribution >= 0.6 is 22.9 Å². The minimum absolute atomic E-state index is 0.709. The molecule has 1 aromatic carbocycles. The van der Waals surface area contributed by atoms with Crippen molar-refractivity contribution in [3.8, 4) is 5.75 Å². The summed E-state index contributed by atoms with van der Waals surface area (Å²) >= 11 is 7.47. The van der Waals surface area contributed by atoms with Gasteiger partial charge < -0.3 is 15.8 Å². The van der Waals surface area contributed by atoms with Gasteiger partial charge in [0.1, 0.15) is 5.75 Å². The normalized spacial score (nSPS) is 10.6. The summed E-state index contributed by atoms with van der Waals surface area (Å²) in [5.41, 5.74) is 7.51. The zero-order valence-electron chi connectivity index (χ0n) is 10.1. The van der Waals surface area contributed by atoms with Crippen molar-refractivity contribution in [1.29, 1.82) is 0 Å². The average Bonchev–Trinajstić information content (AvgIpc) is 2.77. The molecule has 0 aliphatic heterocycles. The maximum absolute atomic E-state index is 5.88. The van der Waals surface area contributed by atoms with Crippen molar-refractivity contribution in [1.82, 2.24) is 5.32 Å². The molecular formula is C13H15ClN2OS. The standard InChI is InChI=1S/C13H15ClN2OS/c1-17-12-6-10(15)3-2-9(12)7-16-8-11-4-5-13(14)18-11/h2-6,16H,7-8,15H2,1H3. The van der Waals surface area contributed by atoms with Crippen LogP contribution in [0.15, 0.2) is 30.3 Å². The number of nitrogens with one attached hydrogen (secondary N) is 1. The lowest BCUT2D eigenvalue weighted by Gasteiger charge is -2.09. The molecule has 0 radical (unpaired) electrons. The maximum atomic E-state index is 5.88. The van der Waals surface area contributed by atoms with Crippen LogP contribution in [0.25, 0.3) is 0 Å². The number of rotatable bonds is 5. The Morgan fingerprint density at radius 1 is 1.28 bits per heavy atom. The first-order chi connectivity index (χ1) is 8.69. The maximum Gasteiger partial charge on any atom is 0.125 e. The van der Waals surface area contributed by atoms with E-state index in [1.54, 1.807) is 18.4 Å². The quantitative estimate of drug-likeness (QED) is 0.828. The van der Waals surface area contributed by atoms with E-state index in [0.29, 0.717) is 5.69 Å². The van der Waals surface area contributed by atoms with Crippen LogP contribution in [-0.2, 0) is 13.1 Å². The fraction of sp³-hybridized carbons (Fsp3) is 0.231. The lowest BCUT2D eigenvalue weighted by molar-refractivity contribution is 0.408. The molecule has 18 heavy (non-hydrogen) atoms. The fourth-order valence-electron chi connectivity index (χ4n) is 1.67. The van der Waals surface area contributed by atoms with Gasteiger partial charge in [0.15, 0.2) is 0 Å². The number of hydrogen-bond donors (Lipinski definition) is 2. The summed E-state index contributed by atoms with van der Waals surface area (Å²) in [6.07, 6.45) is 0. The Morgan fingerprint density at radius 3 is 2.78 bits per heavy atom. The molecule has 5 heteroatoms. The zero-order chi connectivity index (χ0) is 13.0. The predicted octanol–water partition coefficient (Wildman–Crippen LogP) is 3.28. The van der Waals surface area contributed by atoms with Crippen LogP contribution in [0.1, 0.15) is 10.4 Å². The molecule has 2 aromatic rings. The Labute approximate surface area is 116 Å². The van der Waals surface area contributed by atoms with Crippen LogP contribution in [0.4, 0.5) is 5.69 Å².